The fourth-order valence-electron chi connectivity index (χ4n) is 2.47. The molecule has 2 rings (SSSR count). The van der Waals surface area contributed by atoms with E-state index >= 15 is 0 Å². The lowest BCUT2D eigenvalue weighted by Crippen LogP contribution is -2.41. The number of nitro benzene ring substituents is 1. The van der Waals surface area contributed by atoms with Gasteiger partial charge in [0.25, 0.3) is 5.69 Å². The second-order valence-electron chi connectivity index (χ2n) is 5.01. The summed E-state index contributed by atoms with van der Waals surface area (Å²) in [7, 11) is 1.54. The third-order valence-corrected chi connectivity index (χ3v) is 3.68. The number of nitrogens with one attached hydrogen (secondary N) is 1. The summed E-state index contributed by atoms with van der Waals surface area (Å²) in [6, 6.07) is 6.52. The van der Waals surface area contributed by atoms with E-state index in [1.165, 1.54) is 19.2 Å². The number of nitro groups is 1. The van der Waals surface area contributed by atoms with Gasteiger partial charge in [-0.25, -0.2) is 0 Å². The number of ether oxygens (including phenoxy) is 1. The molecule has 21 heavy (non-hydrogen) atoms. The van der Waals surface area contributed by atoms with Crippen LogP contribution in [0.5, 0.6) is 0 Å². The van der Waals surface area contributed by atoms with Crippen molar-refractivity contribution in [2.24, 2.45) is 5.92 Å². The highest BCUT2D eigenvalue weighted by Gasteiger charge is 2.25. The number of non-ortho nitro benzene ring substituents is 1. The van der Waals surface area contributed by atoms with Crippen LogP contribution in [0, 0.1) is 16.0 Å². The first kappa shape index (κ1) is 15.2. The van der Waals surface area contributed by atoms with Gasteiger partial charge in [-0.15, -0.1) is 0 Å². The third kappa shape index (κ3) is 3.91. The first-order valence-electron chi connectivity index (χ1n) is 6.88. The molecule has 0 bridgehead atoms. The number of nitrogens with zero attached hydrogens (tertiary/aromatic N) is 2. The van der Waals surface area contributed by atoms with E-state index in [0.717, 1.165) is 31.6 Å². The minimum Gasteiger partial charge on any atom is -0.371 e. The summed E-state index contributed by atoms with van der Waals surface area (Å²) in [4.78, 5) is 24.2. The SMILES string of the molecule is COCNC(=O)C1CCN(c2ccc([N+](=O)[O-])cc2)CC1. The highest BCUT2D eigenvalue weighted by molar-refractivity contribution is 5.78. The zero-order chi connectivity index (χ0) is 15.2. The Labute approximate surface area is 123 Å². The van der Waals surface area contributed by atoms with Crippen molar-refractivity contribution in [3.05, 3.63) is 34.4 Å². The van der Waals surface area contributed by atoms with E-state index < -0.39 is 4.92 Å². The van der Waals surface area contributed by atoms with E-state index in [1.54, 1.807) is 12.1 Å². The molecule has 7 nitrogen and oxygen atoms in total. The molecule has 0 atom stereocenters. The van der Waals surface area contributed by atoms with Crippen LogP contribution in [0.15, 0.2) is 24.3 Å². The smallest absolute Gasteiger partial charge is 0.269 e. The van der Waals surface area contributed by atoms with Gasteiger partial charge in [-0.05, 0) is 25.0 Å². The van der Waals surface area contributed by atoms with Crippen LogP contribution in [-0.2, 0) is 9.53 Å². The van der Waals surface area contributed by atoms with Gasteiger partial charge in [-0.2, -0.15) is 0 Å². The summed E-state index contributed by atoms with van der Waals surface area (Å²) < 4.78 is 4.83. The lowest BCUT2D eigenvalue weighted by Gasteiger charge is -2.32. The summed E-state index contributed by atoms with van der Waals surface area (Å²) in [6.07, 6.45) is 1.54. The number of benzene rings is 1. The molecule has 1 amide bonds. The van der Waals surface area contributed by atoms with Crippen LogP contribution in [0.1, 0.15) is 12.8 Å². The Kier molecular flexibility index (Phi) is 5.10. The van der Waals surface area contributed by atoms with Crippen LogP contribution in [0.3, 0.4) is 0 Å². The third-order valence-electron chi connectivity index (χ3n) is 3.68. The number of piperidine rings is 1. The number of carbonyl (C=O) groups is 1. The number of methoxy groups -OCH3 is 1. The van der Waals surface area contributed by atoms with Crippen LogP contribution in [0.25, 0.3) is 0 Å². The zero-order valence-corrected chi connectivity index (χ0v) is 11.9. The number of anilines is 1. The van der Waals surface area contributed by atoms with E-state index in [2.05, 4.69) is 10.2 Å². The second kappa shape index (κ2) is 7.03. The monoisotopic (exact) mass is 293 g/mol. The number of hydrogen-bond acceptors (Lipinski definition) is 5. The highest BCUT2D eigenvalue weighted by Crippen LogP contribution is 2.25. The first-order valence-corrected chi connectivity index (χ1v) is 6.88. The molecule has 1 heterocycles. The van der Waals surface area contributed by atoms with Gasteiger partial charge in [0.1, 0.15) is 6.73 Å². The van der Waals surface area contributed by atoms with Crippen molar-refractivity contribution in [1.29, 1.82) is 0 Å². The molecule has 1 N–H and O–H groups in total. The molecule has 0 aromatic heterocycles. The topological polar surface area (TPSA) is 84.7 Å². The van der Waals surface area contributed by atoms with Crippen molar-refractivity contribution < 1.29 is 14.5 Å². The Morgan fingerprint density at radius 3 is 2.52 bits per heavy atom. The number of hydrogen-bond donors (Lipinski definition) is 1. The lowest BCUT2D eigenvalue weighted by atomic mass is 9.95. The number of rotatable bonds is 5. The van der Waals surface area contributed by atoms with Gasteiger partial charge in [0.05, 0.1) is 4.92 Å². The van der Waals surface area contributed by atoms with Crippen molar-refractivity contribution in [1.82, 2.24) is 5.32 Å². The normalized spacial score (nSPS) is 15.8. The van der Waals surface area contributed by atoms with E-state index in [1.807, 2.05) is 0 Å². The molecule has 1 saturated heterocycles. The molecule has 0 saturated carbocycles. The highest BCUT2D eigenvalue weighted by atomic mass is 16.6. The van der Waals surface area contributed by atoms with Crippen LogP contribution >= 0.6 is 0 Å². The molecule has 0 unspecified atom stereocenters. The Morgan fingerprint density at radius 1 is 1.38 bits per heavy atom. The van der Waals surface area contributed by atoms with Gasteiger partial charge in [0.15, 0.2) is 0 Å². The van der Waals surface area contributed by atoms with Crippen molar-refractivity contribution >= 4 is 17.3 Å². The van der Waals surface area contributed by atoms with Gasteiger partial charge in [0.2, 0.25) is 5.91 Å². The van der Waals surface area contributed by atoms with Gasteiger partial charge >= 0.3 is 0 Å². The largest absolute Gasteiger partial charge is 0.371 e. The molecule has 0 aliphatic carbocycles. The van der Waals surface area contributed by atoms with Gasteiger partial charge in [-0.3, -0.25) is 14.9 Å². The molecular weight excluding hydrogens is 274 g/mol. The Bertz CT molecular complexity index is 495. The van der Waals surface area contributed by atoms with Crippen molar-refractivity contribution in [2.45, 2.75) is 12.8 Å². The molecule has 1 aromatic rings. The quantitative estimate of drug-likeness (QED) is 0.505. The van der Waals surface area contributed by atoms with Crippen LogP contribution in [-0.4, -0.2) is 37.8 Å². The first-order chi connectivity index (χ1) is 10.1. The minimum atomic E-state index is -0.407. The van der Waals surface area contributed by atoms with Crippen molar-refractivity contribution in [2.75, 3.05) is 31.8 Å². The second-order valence-corrected chi connectivity index (χ2v) is 5.01. The van der Waals surface area contributed by atoms with E-state index in [9.17, 15) is 14.9 Å². The number of carbonyl (C=O) groups excluding carboxylic acids is 1. The Hall–Kier alpha value is -2.15. The molecule has 1 aromatic carbocycles. The van der Waals surface area contributed by atoms with Gasteiger partial charge in [0, 0.05) is 43.9 Å². The van der Waals surface area contributed by atoms with E-state index in [-0.39, 0.29) is 24.2 Å². The molecule has 0 radical (unpaired) electrons. The molecule has 7 heteroatoms. The predicted molar refractivity (Wildman–Crippen MR) is 78.1 cm³/mol. The van der Waals surface area contributed by atoms with Crippen molar-refractivity contribution in [3.63, 3.8) is 0 Å². The predicted octanol–water partition coefficient (Wildman–Crippen LogP) is 1.53. The summed E-state index contributed by atoms with van der Waals surface area (Å²) in [6.45, 7) is 1.77. The molecular formula is C14H19N3O4. The maximum absolute atomic E-state index is 11.8. The average molecular weight is 293 g/mol. The number of amides is 1. The summed E-state index contributed by atoms with van der Waals surface area (Å²) >= 11 is 0. The Morgan fingerprint density at radius 2 is 2.00 bits per heavy atom. The maximum atomic E-state index is 11.8. The van der Waals surface area contributed by atoms with Crippen LogP contribution in [0.2, 0.25) is 0 Å². The zero-order valence-electron chi connectivity index (χ0n) is 11.9. The maximum Gasteiger partial charge on any atom is 0.269 e. The Balaban J connectivity index is 1.88. The van der Waals surface area contributed by atoms with E-state index in [0.29, 0.717) is 0 Å². The standard InChI is InChI=1S/C14H19N3O4/c1-21-10-15-14(18)11-6-8-16(9-7-11)12-2-4-13(5-3-12)17(19)20/h2-5,11H,6-10H2,1H3,(H,15,18). The molecule has 114 valence electrons. The molecule has 0 spiro atoms. The lowest BCUT2D eigenvalue weighted by molar-refractivity contribution is -0.384. The van der Waals surface area contributed by atoms with Gasteiger partial charge in [-0.1, -0.05) is 0 Å². The summed E-state index contributed by atoms with van der Waals surface area (Å²) in [5.74, 6) is 0.0367. The van der Waals surface area contributed by atoms with Crippen molar-refractivity contribution in [3.8, 4) is 0 Å². The molecule has 1 aliphatic heterocycles. The van der Waals surface area contributed by atoms with Gasteiger partial charge < -0.3 is 15.0 Å². The van der Waals surface area contributed by atoms with Crippen LogP contribution in [0.4, 0.5) is 11.4 Å². The molecule has 1 aliphatic rings. The fourth-order valence-corrected chi connectivity index (χ4v) is 2.47. The summed E-state index contributed by atoms with van der Waals surface area (Å²) in [5, 5.41) is 13.4. The minimum absolute atomic E-state index is 0.00875. The van der Waals surface area contributed by atoms with E-state index in [4.69, 9.17) is 4.74 Å². The average Bonchev–Trinajstić information content (AvgIpc) is 2.53. The molecule has 1 fully saturated rings. The van der Waals surface area contributed by atoms with Crippen LogP contribution < -0.4 is 10.2 Å². The summed E-state index contributed by atoms with van der Waals surface area (Å²) in [5.41, 5.74) is 1.05. The fraction of sp³-hybridized carbons (Fsp3) is 0.500.